The van der Waals surface area contributed by atoms with Crippen LogP contribution in [-0.2, 0) is 0 Å². The fourth-order valence-electron chi connectivity index (χ4n) is 2.01. The summed E-state index contributed by atoms with van der Waals surface area (Å²) >= 11 is 3.47. The average molecular weight is 281 g/mol. The first-order chi connectivity index (χ1) is 7.70. The van der Waals surface area contributed by atoms with E-state index in [9.17, 15) is 5.11 Å². The van der Waals surface area contributed by atoms with E-state index in [-0.39, 0.29) is 6.10 Å². The van der Waals surface area contributed by atoms with Gasteiger partial charge in [0.15, 0.2) is 0 Å². The van der Waals surface area contributed by atoms with Crippen LogP contribution >= 0.6 is 15.9 Å². The van der Waals surface area contributed by atoms with E-state index in [2.05, 4.69) is 26.9 Å². The SMILES string of the molecule is N#Cc1ccc(N2CCC[C@H](O)C2)c(Br)c1. The lowest BCUT2D eigenvalue weighted by atomic mass is 10.1. The Kier molecular flexibility index (Phi) is 3.47. The van der Waals surface area contributed by atoms with Gasteiger partial charge in [0, 0.05) is 17.6 Å². The number of aliphatic hydroxyl groups is 1. The van der Waals surface area contributed by atoms with Crippen molar-refractivity contribution in [3.8, 4) is 6.07 Å². The van der Waals surface area contributed by atoms with Crippen LogP contribution in [0, 0.1) is 11.3 Å². The third kappa shape index (κ3) is 2.37. The van der Waals surface area contributed by atoms with Crippen LogP contribution in [0.3, 0.4) is 0 Å². The molecular formula is C12H13BrN2O. The predicted molar refractivity (Wildman–Crippen MR) is 66.3 cm³/mol. The van der Waals surface area contributed by atoms with Gasteiger partial charge in [-0.05, 0) is 47.0 Å². The Morgan fingerprint density at radius 2 is 2.31 bits per heavy atom. The van der Waals surface area contributed by atoms with Crippen LogP contribution in [0.4, 0.5) is 5.69 Å². The van der Waals surface area contributed by atoms with Crippen molar-refractivity contribution in [2.75, 3.05) is 18.0 Å². The summed E-state index contributed by atoms with van der Waals surface area (Å²) in [6, 6.07) is 7.66. The fraction of sp³-hybridized carbons (Fsp3) is 0.417. The van der Waals surface area contributed by atoms with Gasteiger partial charge in [0.25, 0.3) is 0 Å². The van der Waals surface area contributed by atoms with Crippen molar-refractivity contribution < 1.29 is 5.11 Å². The van der Waals surface area contributed by atoms with Gasteiger partial charge < -0.3 is 10.0 Å². The molecule has 84 valence electrons. The van der Waals surface area contributed by atoms with Gasteiger partial charge in [0.1, 0.15) is 0 Å². The molecule has 1 N–H and O–H groups in total. The average Bonchev–Trinajstić information content (AvgIpc) is 2.28. The molecule has 0 unspecified atom stereocenters. The van der Waals surface area contributed by atoms with E-state index in [1.807, 2.05) is 12.1 Å². The lowest BCUT2D eigenvalue weighted by Crippen LogP contribution is -2.38. The molecule has 4 heteroatoms. The largest absolute Gasteiger partial charge is 0.391 e. The molecule has 0 amide bonds. The second kappa shape index (κ2) is 4.86. The highest BCUT2D eigenvalue weighted by Crippen LogP contribution is 2.29. The lowest BCUT2D eigenvalue weighted by molar-refractivity contribution is 0.154. The van der Waals surface area contributed by atoms with E-state index >= 15 is 0 Å². The monoisotopic (exact) mass is 280 g/mol. The van der Waals surface area contributed by atoms with E-state index < -0.39 is 0 Å². The number of aliphatic hydroxyl groups excluding tert-OH is 1. The molecule has 0 radical (unpaired) electrons. The van der Waals surface area contributed by atoms with Crippen LogP contribution in [0.15, 0.2) is 22.7 Å². The number of rotatable bonds is 1. The highest BCUT2D eigenvalue weighted by Gasteiger charge is 2.19. The van der Waals surface area contributed by atoms with E-state index in [1.54, 1.807) is 6.07 Å². The number of hydrogen-bond donors (Lipinski definition) is 1. The molecule has 0 saturated carbocycles. The molecule has 1 aromatic rings. The summed E-state index contributed by atoms with van der Waals surface area (Å²) in [5, 5.41) is 18.4. The molecule has 1 aromatic carbocycles. The smallest absolute Gasteiger partial charge is 0.0992 e. The van der Waals surface area contributed by atoms with Crippen LogP contribution in [0.1, 0.15) is 18.4 Å². The Labute approximate surface area is 103 Å². The minimum atomic E-state index is -0.240. The van der Waals surface area contributed by atoms with Crippen LogP contribution in [-0.4, -0.2) is 24.3 Å². The van der Waals surface area contributed by atoms with Gasteiger partial charge >= 0.3 is 0 Å². The first-order valence-corrected chi connectivity index (χ1v) is 6.12. The maximum absolute atomic E-state index is 9.62. The summed E-state index contributed by atoms with van der Waals surface area (Å²) in [4.78, 5) is 2.15. The molecule has 1 aliphatic heterocycles. The first kappa shape index (κ1) is 11.4. The number of piperidine rings is 1. The predicted octanol–water partition coefficient (Wildman–Crippen LogP) is 2.28. The van der Waals surface area contributed by atoms with E-state index in [4.69, 9.17) is 5.26 Å². The molecule has 1 atom stereocenters. The number of anilines is 1. The number of nitrogens with zero attached hydrogens (tertiary/aromatic N) is 2. The molecule has 0 aliphatic carbocycles. The molecule has 1 aliphatic rings. The topological polar surface area (TPSA) is 47.3 Å². The Morgan fingerprint density at radius 3 is 2.94 bits per heavy atom. The minimum Gasteiger partial charge on any atom is -0.391 e. The van der Waals surface area contributed by atoms with Gasteiger partial charge in [-0.1, -0.05) is 0 Å². The second-order valence-electron chi connectivity index (χ2n) is 4.02. The van der Waals surface area contributed by atoms with Crippen molar-refractivity contribution in [2.24, 2.45) is 0 Å². The van der Waals surface area contributed by atoms with E-state index in [0.717, 1.165) is 29.5 Å². The van der Waals surface area contributed by atoms with E-state index in [1.165, 1.54) is 0 Å². The third-order valence-corrected chi connectivity index (χ3v) is 3.45. The van der Waals surface area contributed by atoms with Crippen molar-refractivity contribution in [3.63, 3.8) is 0 Å². The van der Waals surface area contributed by atoms with Gasteiger partial charge in [-0.3, -0.25) is 0 Å². The second-order valence-corrected chi connectivity index (χ2v) is 4.87. The molecule has 1 heterocycles. The Morgan fingerprint density at radius 1 is 1.50 bits per heavy atom. The fourth-order valence-corrected chi connectivity index (χ4v) is 2.64. The molecule has 0 aromatic heterocycles. The minimum absolute atomic E-state index is 0.240. The van der Waals surface area contributed by atoms with Crippen LogP contribution < -0.4 is 4.90 Å². The maximum Gasteiger partial charge on any atom is 0.0992 e. The summed E-state index contributed by atoms with van der Waals surface area (Å²) in [6.07, 6.45) is 1.65. The van der Waals surface area contributed by atoms with Crippen molar-refractivity contribution >= 4 is 21.6 Å². The van der Waals surface area contributed by atoms with Crippen LogP contribution in [0.5, 0.6) is 0 Å². The molecular weight excluding hydrogens is 268 g/mol. The van der Waals surface area contributed by atoms with Gasteiger partial charge in [-0.15, -0.1) is 0 Å². The first-order valence-electron chi connectivity index (χ1n) is 5.33. The quantitative estimate of drug-likeness (QED) is 0.859. The van der Waals surface area contributed by atoms with Gasteiger partial charge in [-0.2, -0.15) is 5.26 Å². The van der Waals surface area contributed by atoms with Gasteiger partial charge in [-0.25, -0.2) is 0 Å². The highest BCUT2D eigenvalue weighted by atomic mass is 79.9. The summed E-state index contributed by atoms with van der Waals surface area (Å²) in [5.74, 6) is 0. The lowest BCUT2D eigenvalue weighted by Gasteiger charge is -2.32. The van der Waals surface area contributed by atoms with Gasteiger partial charge in [0.2, 0.25) is 0 Å². The molecule has 1 fully saturated rings. The molecule has 2 rings (SSSR count). The Balaban J connectivity index is 2.23. The molecule has 0 spiro atoms. The summed E-state index contributed by atoms with van der Waals surface area (Å²) in [6.45, 7) is 1.63. The Bertz CT molecular complexity index is 428. The van der Waals surface area contributed by atoms with Crippen molar-refractivity contribution in [2.45, 2.75) is 18.9 Å². The molecule has 0 bridgehead atoms. The normalized spacial score (nSPS) is 20.6. The van der Waals surface area contributed by atoms with Crippen molar-refractivity contribution in [1.82, 2.24) is 0 Å². The summed E-state index contributed by atoms with van der Waals surface area (Å²) in [5.41, 5.74) is 1.70. The third-order valence-electron chi connectivity index (χ3n) is 2.81. The molecule has 1 saturated heterocycles. The number of nitriles is 1. The summed E-state index contributed by atoms with van der Waals surface area (Å²) in [7, 11) is 0. The number of halogens is 1. The van der Waals surface area contributed by atoms with Crippen molar-refractivity contribution in [1.29, 1.82) is 5.26 Å². The molecule has 3 nitrogen and oxygen atoms in total. The maximum atomic E-state index is 9.62. The van der Waals surface area contributed by atoms with Crippen LogP contribution in [0.25, 0.3) is 0 Å². The zero-order valence-corrected chi connectivity index (χ0v) is 10.4. The van der Waals surface area contributed by atoms with Gasteiger partial charge in [0.05, 0.1) is 23.4 Å². The standard InChI is InChI=1S/C12H13BrN2O/c13-11-6-9(7-14)3-4-12(11)15-5-1-2-10(16)8-15/h3-4,6,10,16H,1-2,5,8H2/t10-/m0/s1. The molecule has 16 heavy (non-hydrogen) atoms. The zero-order chi connectivity index (χ0) is 11.5. The van der Waals surface area contributed by atoms with E-state index in [0.29, 0.717) is 12.1 Å². The highest BCUT2D eigenvalue weighted by molar-refractivity contribution is 9.10. The number of hydrogen-bond acceptors (Lipinski definition) is 3. The zero-order valence-electron chi connectivity index (χ0n) is 8.86. The van der Waals surface area contributed by atoms with Crippen molar-refractivity contribution in [3.05, 3.63) is 28.2 Å². The summed E-state index contributed by atoms with van der Waals surface area (Å²) < 4.78 is 0.917. The number of benzene rings is 1. The van der Waals surface area contributed by atoms with Crippen LogP contribution in [0.2, 0.25) is 0 Å². The number of β-amino-alcohol motifs (C(OH)–C–C–N with tert-alkyl or cyclic N) is 1. The Hall–Kier alpha value is -1.05.